The lowest BCUT2D eigenvalue weighted by molar-refractivity contribution is -0.0121. The number of alkyl halides is 2. The van der Waals surface area contributed by atoms with Gasteiger partial charge in [-0.25, -0.2) is 8.78 Å². The van der Waals surface area contributed by atoms with E-state index in [1.54, 1.807) is 0 Å². The number of phenols is 1. The number of nitrogens with one attached hydrogen (secondary N) is 1. The van der Waals surface area contributed by atoms with Crippen LogP contribution in [0, 0.1) is 0 Å². The van der Waals surface area contributed by atoms with Crippen LogP contribution in [0.5, 0.6) is 5.75 Å². The summed E-state index contributed by atoms with van der Waals surface area (Å²) in [7, 11) is 0. The average molecular weight is 199 g/mol. The van der Waals surface area contributed by atoms with Gasteiger partial charge in [-0.15, -0.1) is 0 Å². The molecule has 76 valence electrons. The number of aromatic hydroxyl groups is 1. The summed E-state index contributed by atoms with van der Waals surface area (Å²) in [5, 5.41) is 12.0. The molecule has 0 bridgehead atoms. The summed E-state index contributed by atoms with van der Waals surface area (Å²) in [4.78, 5) is 0. The average Bonchev–Trinajstić information content (AvgIpc) is 2.25. The van der Waals surface area contributed by atoms with E-state index in [1.165, 1.54) is 18.2 Å². The number of rotatable bonds is 0. The van der Waals surface area contributed by atoms with E-state index in [2.05, 4.69) is 5.32 Å². The molecule has 0 unspecified atom stereocenters. The maximum absolute atomic E-state index is 13.5. The molecule has 1 aromatic rings. The van der Waals surface area contributed by atoms with Crippen LogP contribution in [0.1, 0.15) is 18.4 Å². The van der Waals surface area contributed by atoms with Gasteiger partial charge in [0, 0.05) is 30.3 Å². The molecule has 2 nitrogen and oxygen atoms in total. The summed E-state index contributed by atoms with van der Waals surface area (Å²) in [6, 6.07) is 3.91. The Balaban J connectivity index is 2.50. The van der Waals surface area contributed by atoms with Gasteiger partial charge in [0.25, 0.3) is 5.92 Å². The van der Waals surface area contributed by atoms with Gasteiger partial charge in [-0.2, -0.15) is 0 Å². The standard InChI is InChI=1S/C10H11F2NO/c11-10(12)4-1-5-13-9-6-7(14)2-3-8(9)10/h2-3,6,13-14H,1,4-5H2. The van der Waals surface area contributed by atoms with Crippen molar-refractivity contribution in [3.05, 3.63) is 23.8 Å². The zero-order valence-corrected chi connectivity index (χ0v) is 7.56. The largest absolute Gasteiger partial charge is 0.508 e. The Hall–Kier alpha value is -1.32. The Morgan fingerprint density at radius 3 is 2.93 bits per heavy atom. The molecule has 0 atom stereocenters. The van der Waals surface area contributed by atoms with Crippen molar-refractivity contribution in [1.82, 2.24) is 0 Å². The fourth-order valence-electron chi connectivity index (χ4n) is 1.67. The zero-order valence-electron chi connectivity index (χ0n) is 7.56. The lowest BCUT2D eigenvalue weighted by Crippen LogP contribution is -2.12. The van der Waals surface area contributed by atoms with Gasteiger partial charge < -0.3 is 10.4 Å². The van der Waals surface area contributed by atoms with Crippen LogP contribution in [-0.4, -0.2) is 11.7 Å². The quantitative estimate of drug-likeness (QED) is 0.673. The molecule has 1 aromatic carbocycles. The van der Waals surface area contributed by atoms with E-state index < -0.39 is 5.92 Å². The van der Waals surface area contributed by atoms with E-state index in [-0.39, 0.29) is 17.7 Å². The predicted octanol–water partition coefficient (Wildman–Crippen LogP) is 2.69. The van der Waals surface area contributed by atoms with Gasteiger partial charge >= 0.3 is 0 Å². The molecule has 0 aliphatic carbocycles. The molecule has 1 aliphatic heterocycles. The summed E-state index contributed by atoms with van der Waals surface area (Å²) in [5.41, 5.74) is 0.320. The smallest absolute Gasteiger partial charge is 0.275 e. The normalized spacial score (nSPS) is 19.3. The van der Waals surface area contributed by atoms with Gasteiger partial charge in [0.1, 0.15) is 5.75 Å². The van der Waals surface area contributed by atoms with Crippen LogP contribution in [0.2, 0.25) is 0 Å². The van der Waals surface area contributed by atoms with E-state index >= 15 is 0 Å². The maximum atomic E-state index is 13.5. The van der Waals surface area contributed by atoms with Crippen molar-refractivity contribution in [3.8, 4) is 5.75 Å². The summed E-state index contributed by atoms with van der Waals surface area (Å²) >= 11 is 0. The minimum absolute atomic E-state index is 0.00829. The zero-order chi connectivity index (χ0) is 10.2. The summed E-state index contributed by atoms with van der Waals surface area (Å²) < 4.78 is 26.9. The molecule has 0 fully saturated rings. The highest BCUT2D eigenvalue weighted by atomic mass is 19.3. The number of benzene rings is 1. The van der Waals surface area contributed by atoms with Gasteiger partial charge in [-0.1, -0.05) is 0 Å². The second-order valence-corrected chi connectivity index (χ2v) is 3.46. The third kappa shape index (κ3) is 1.52. The number of anilines is 1. The Morgan fingerprint density at radius 1 is 1.36 bits per heavy atom. The first-order valence-electron chi connectivity index (χ1n) is 4.55. The third-order valence-electron chi connectivity index (χ3n) is 2.38. The topological polar surface area (TPSA) is 32.3 Å². The summed E-state index contributed by atoms with van der Waals surface area (Å²) in [5.74, 6) is -2.78. The molecule has 0 aromatic heterocycles. The number of phenolic OH excluding ortho intramolecular Hbond substituents is 1. The summed E-state index contributed by atoms with van der Waals surface area (Å²) in [6.07, 6.45) is 0.292. The Morgan fingerprint density at radius 2 is 2.14 bits per heavy atom. The third-order valence-corrected chi connectivity index (χ3v) is 2.38. The van der Waals surface area contributed by atoms with Crippen molar-refractivity contribution >= 4 is 5.69 Å². The fraction of sp³-hybridized carbons (Fsp3) is 0.400. The monoisotopic (exact) mass is 199 g/mol. The maximum Gasteiger partial charge on any atom is 0.275 e. The highest BCUT2D eigenvalue weighted by Crippen LogP contribution is 2.40. The van der Waals surface area contributed by atoms with Crippen LogP contribution in [0.4, 0.5) is 14.5 Å². The van der Waals surface area contributed by atoms with Crippen molar-refractivity contribution in [2.45, 2.75) is 18.8 Å². The van der Waals surface area contributed by atoms with E-state index in [0.29, 0.717) is 18.7 Å². The minimum atomic E-state index is -2.79. The van der Waals surface area contributed by atoms with E-state index in [1.807, 2.05) is 0 Å². The lowest BCUT2D eigenvalue weighted by Gasteiger charge is -2.16. The second kappa shape index (κ2) is 3.12. The molecule has 0 saturated carbocycles. The van der Waals surface area contributed by atoms with Crippen LogP contribution < -0.4 is 5.32 Å². The first-order chi connectivity index (χ1) is 6.59. The molecule has 1 aliphatic rings. The molecule has 2 rings (SSSR count). The first-order valence-corrected chi connectivity index (χ1v) is 4.55. The van der Waals surface area contributed by atoms with Crippen LogP contribution in [0.15, 0.2) is 18.2 Å². The molecule has 1 heterocycles. The van der Waals surface area contributed by atoms with Gasteiger partial charge in [0.05, 0.1) is 0 Å². The molecular weight excluding hydrogens is 188 g/mol. The van der Waals surface area contributed by atoms with E-state index in [4.69, 9.17) is 5.11 Å². The van der Waals surface area contributed by atoms with Crippen molar-refractivity contribution in [3.63, 3.8) is 0 Å². The molecule has 0 saturated heterocycles. The summed E-state index contributed by atoms with van der Waals surface area (Å²) in [6.45, 7) is 0.520. The van der Waals surface area contributed by atoms with Crippen LogP contribution in [-0.2, 0) is 5.92 Å². The number of hydrogen-bond donors (Lipinski definition) is 2. The first kappa shape index (κ1) is 9.24. The van der Waals surface area contributed by atoms with E-state index in [9.17, 15) is 8.78 Å². The van der Waals surface area contributed by atoms with Crippen molar-refractivity contribution < 1.29 is 13.9 Å². The van der Waals surface area contributed by atoms with E-state index in [0.717, 1.165) is 0 Å². The Labute approximate surface area is 80.6 Å². The van der Waals surface area contributed by atoms with Gasteiger partial charge in [0.15, 0.2) is 0 Å². The van der Waals surface area contributed by atoms with Gasteiger partial charge in [-0.05, 0) is 18.6 Å². The molecule has 2 N–H and O–H groups in total. The molecule has 4 heteroatoms. The fourth-order valence-corrected chi connectivity index (χ4v) is 1.67. The second-order valence-electron chi connectivity index (χ2n) is 3.46. The van der Waals surface area contributed by atoms with Gasteiger partial charge in [-0.3, -0.25) is 0 Å². The Kier molecular flexibility index (Phi) is 2.06. The highest BCUT2D eigenvalue weighted by molar-refractivity contribution is 5.57. The minimum Gasteiger partial charge on any atom is -0.508 e. The lowest BCUT2D eigenvalue weighted by atomic mass is 10.0. The number of hydrogen-bond acceptors (Lipinski definition) is 2. The highest BCUT2D eigenvalue weighted by Gasteiger charge is 2.35. The van der Waals surface area contributed by atoms with Crippen molar-refractivity contribution in [2.75, 3.05) is 11.9 Å². The van der Waals surface area contributed by atoms with Crippen LogP contribution >= 0.6 is 0 Å². The SMILES string of the molecule is Oc1ccc2c(c1)NCCCC2(F)F. The Bertz CT molecular complexity index is 352. The number of halogens is 2. The van der Waals surface area contributed by atoms with Crippen LogP contribution in [0.3, 0.4) is 0 Å². The predicted molar refractivity (Wildman–Crippen MR) is 49.7 cm³/mol. The molecule has 14 heavy (non-hydrogen) atoms. The van der Waals surface area contributed by atoms with Crippen LogP contribution in [0.25, 0.3) is 0 Å². The van der Waals surface area contributed by atoms with Crippen molar-refractivity contribution in [2.24, 2.45) is 0 Å². The molecule has 0 spiro atoms. The number of fused-ring (bicyclic) bond motifs is 1. The molecular formula is C10H11F2NO. The molecule has 0 amide bonds. The van der Waals surface area contributed by atoms with Crippen molar-refractivity contribution in [1.29, 1.82) is 0 Å². The van der Waals surface area contributed by atoms with Gasteiger partial charge in [0.2, 0.25) is 0 Å². The molecule has 0 radical (unpaired) electrons.